The first-order valence-electron chi connectivity index (χ1n) is 12.6. The fraction of sp³-hybridized carbons (Fsp3) is 0.310. The number of nitrogens with one attached hydrogen (secondary N) is 1. The van der Waals surface area contributed by atoms with Gasteiger partial charge in [-0.05, 0) is 74.2 Å². The van der Waals surface area contributed by atoms with Crippen molar-refractivity contribution in [2.75, 3.05) is 25.0 Å². The summed E-state index contributed by atoms with van der Waals surface area (Å²) in [5.74, 6) is 3.03. The van der Waals surface area contributed by atoms with E-state index in [1.807, 2.05) is 78.6 Å². The summed E-state index contributed by atoms with van der Waals surface area (Å²) in [7, 11) is 0. The minimum Gasteiger partial charge on any atom is -0.494 e. The third-order valence-corrected chi connectivity index (χ3v) is 6.60. The molecule has 0 saturated carbocycles. The lowest BCUT2D eigenvalue weighted by Crippen LogP contribution is -2.41. The molecule has 36 heavy (non-hydrogen) atoms. The van der Waals surface area contributed by atoms with E-state index >= 15 is 0 Å². The van der Waals surface area contributed by atoms with Gasteiger partial charge in [0.1, 0.15) is 23.9 Å². The van der Waals surface area contributed by atoms with Gasteiger partial charge in [0, 0.05) is 25.3 Å². The maximum absolute atomic E-state index is 12.8. The lowest BCUT2D eigenvalue weighted by molar-refractivity contribution is 0.176. The zero-order valence-corrected chi connectivity index (χ0v) is 20.6. The van der Waals surface area contributed by atoms with E-state index in [4.69, 9.17) is 14.5 Å². The highest BCUT2D eigenvalue weighted by Crippen LogP contribution is 2.25. The number of carbonyl (C=O) groups is 1. The molecule has 0 unspecified atom stereocenters. The van der Waals surface area contributed by atoms with Gasteiger partial charge < -0.3 is 24.3 Å². The van der Waals surface area contributed by atoms with Crippen LogP contribution in [0.1, 0.15) is 25.6 Å². The maximum Gasteiger partial charge on any atom is 0.321 e. The standard InChI is InChI=1S/C29H32N4O3/c1-2-35-25-14-12-23(13-15-25)30-29(34)32-18-16-22(17-19-32)20-33-27-11-7-6-10-26(27)31-28(33)21-36-24-8-4-3-5-9-24/h3-15,22H,2,16-21H2,1H3,(H,30,34). The number of hydrogen-bond acceptors (Lipinski definition) is 4. The maximum atomic E-state index is 12.8. The van der Waals surface area contributed by atoms with Crippen LogP contribution in [-0.2, 0) is 13.2 Å². The number of hydrogen-bond donors (Lipinski definition) is 1. The van der Waals surface area contributed by atoms with Crippen LogP contribution >= 0.6 is 0 Å². The quantitative estimate of drug-likeness (QED) is 0.335. The lowest BCUT2D eigenvalue weighted by atomic mass is 9.96. The van der Waals surface area contributed by atoms with E-state index in [2.05, 4.69) is 22.0 Å². The molecule has 1 fully saturated rings. The number of piperidine rings is 1. The SMILES string of the molecule is CCOc1ccc(NC(=O)N2CCC(Cn3c(COc4ccccc4)nc4ccccc43)CC2)cc1. The molecule has 1 N–H and O–H groups in total. The van der Waals surface area contributed by atoms with Crippen molar-refractivity contribution in [2.24, 2.45) is 5.92 Å². The Bertz CT molecular complexity index is 1280. The highest BCUT2D eigenvalue weighted by molar-refractivity contribution is 5.89. The Labute approximate surface area is 211 Å². The molecule has 1 saturated heterocycles. The fourth-order valence-corrected chi connectivity index (χ4v) is 4.68. The Morgan fingerprint density at radius 1 is 0.917 bits per heavy atom. The van der Waals surface area contributed by atoms with Crippen LogP contribution in [0.25, 0.3) is 11.0 Å². The molecule has 5 rings (SSSR count). The number of imidazole rings is 1. The molecule has 0 aliphatic carbocycles. The average Bonchev–Trinajstić information content (AvgIpc) is 3.27. The molecule has 0 spiro atoms. The molecular formula is C29H32N4O3. The second-order valence-electron chi connectivity index (χ2n) is 9.05. The Hall–Kier alpha value is -4.00. The van der Waals surface area contributed by atoms with Crippen molar-refractivity contribution in [1.82, 2.24) is 14.5 Å². The molecule has 1 aromatic heterocycles. The zero-order valence-electron chi connectivity index (χ0n) is 20.6. The number of amides is 2. The number of likely N-dealkylation sites (tertiary alicyclic amines) is 1. The number of carbonyl (C=O) groups excluding carboxylic acids is 1. The van der Waals surface area contributed by atoms with Crippen molar-refractivity contribution < 1.29 is 14.3 Å². The van der Waals surface area contributed by atoms with Crippen molar-refractivity contribution in [2.45, 2.75) is 32.9 Å². The molecule has 0 atom stereocenters. The summed E-state index contributed by atoms with van der Waals surface area (Å²) >= 11 is 0. The van der Waals surface area contributed by atoms with Crippen molar-refractivity contribution >= 4 is 22.8 Å². The molecule has 0 bridgehead atoms. The summed E-state index contributed by atoms with van der Waals surface area (Å²) in [5, 5.41) is 3.01. The van der Waals surface area contributed by atoms with E-state index in [0.29, 0.717) is 19.1 Å². The van der Waals surface area contributed by atoms with Crippen LogP contribution in [0, 0.1) is 5.92 Å². The van der Waals surface area contributed by atoms with Crippen LogP contribution in [-0.4, -0.2) is 40.2 Å². The summed E-state index contributed by atoms with van der Waals surface area (Å²) in [4.78, 5) is 19.6. The van der Waals surface area contributed by atoms with Gasteiger partial charge in [-0.3, -0.25) is 0 Å². The third kappa shape index (κ3) is 5.62. The van der Waals surface area contributed by atoms with Gasteiger partial charge in [0.2, 0.25) is 0 Å². The molecule has 186 valence electrons. The Morgan fingerprint density at radius 2 is 1.61 bits per heavy atom. The van der Waals surface area contributed by atoms with Gasteiger partial charge in [0.25, 0.3) is 0 Å². The molecule has 4 aromatic rings. The fourth-order valence-electron chi connectivity index (χ4n) is 4.68. The van der Waals surface area contributed by atoms with E-state index in [0.717, 1.165) is 66.5 Å². The smallest absolute Gasteiger partial charge is 0.321 e. The number of urea groups is 1. The summed E-state index contributed by atoms with van der Waals surface area (Å²) in [6.07, 6.45) is 1.89. The molecule has 2 heterocycles. The van der Waals surface area contributed by atoms with Gasteiger partial charge in [0.15, 0.2) is 0 Å². The number of rotatable bonds is 8. The normalized spacial score (nSPS) is 14.1. The topological polar surface area (TPSA) is 68.6 Å². The molecule has 7 heteroatoms. The average molecular weight is 485 g/mol. The van der Waals surface area contributed by atoms with Crippen LogP contribution < -0.4 is 14.8 Å². The molecule has 1 aliphatic heterocycles. The van der Waals surface area contributed by atoms with Crippen LogP contribution in [0.5, 0.6) is 11.5 Å². The van der Waals surface area contributed by atoms with Crippen LogP contribution in [0.3, 0.4) is 0 Å². The Morgan fingerprint density at radius 3 is 2.36 bits per heavy atom. The number of fused-ring (bicyclic) bond motifs is 1. The van der Waals surface area contributed by atoms with E-state index in [-0.39, 0.29) is 6.03 Å². The number of aromatic nitrogens is 2. The van der Waals surface area contributed by atoms with Crippen molar-refractivity contribution in [3.8, 4) is 11.5 Å². The van der Waals surface area contributed by atoms with E-state index < -0.39 is 0 Å². The van der Waals surface area contributed by atoms with Gasteiger partial charge in [-0.25, -0.2) is 9.78 Å². The Balaban J connectivity index is 1.20. The summed E-state index contributed by atoms with van der Waals surface area (Å²) in [6.45, 7) is 5.32. The monoisotopic (exact) mass is 484 g/mol. The highest BCUT2D eigenvalue weighted by atomic mass is 16.5. The third-order valence-electron chi connectivity index (χ3n) is 6.60. The molecular weight excluding hydrogens is 452 g/mol. The van der Waals surface area contributed by atoms with Gasteiger partial charge in [-0.15, -0.1) is 0 Å². The highest BCUT2D eigenvalue weighted by Gasteiger charge is 2.24. The molecule has 2 amide bonds. The largest absolute Gasteiger partial charge is 0.494 e. The van der Waals surface area contributed by atoms with Crippen LogP contribution in [0.2, 0.25) is 0 Å². The van der Waals surface area contributed by atoms with Gasteiger partial charge in [0.05, 0.1) is 17.6 Å². The minimum absolute atomic E-state index is 0.0531. The zero-order chi connectivity index (χ0) is 24.7. The van der Waals surface area contributed by atoms with E-state index in [9.17, 15) is 4.79 Å². The number of ether oxygens (including phenoxy) is 2. The predicted octanol–water partition coefficient (Wildman–Crippen LogP) is 5.96. The minimum atomic E-state index is -0.0531. The first-order chi connectivity index (χ1) is 17.7. The van der Waals surface area contributed by atoms with Gasteiger partial charge in [-0.1, -0.05) is 30.3 Å². The number of nitrogens with zero attached hydrogens (tertiary/aromatic N) is 3. The number of para-hydroxylation sites is 3. The number of benzene rings is 3. The van der Waals surface area contributed by atoms with E-state index in [1.165, 1.54) is 0 Å². The number of anilines is 1. The van der Waals surface area contributed by atoms with Gasteiger partial charge in [-0.2, -0.15) is 0 Å². The summed E-state index contributed by atoms with van der Waals surface area (Å²) in [6, 6.07) is 25.5. The van der Waals surface area contributed by atoms with Crippen molar-refractivity contribution in [3.05, 3.63) is 84.7 Å². The molecule has 0 radical (unpaired) electrons. The van der Waals surface area contributed by atoms with Gasteiger partial charge >= 0.3 is 6.03 Å². The Kier molecular flexibility index (Phi) is 7.36. The molecule has 7 nitrogen and oxygen atoms in total. The first-order valence-corrected chi connectivity index (χ1v) is 12.6. The van der Waals surface area contributed by atoms with Crippen LogP contribution in [0.4, 0.5) is 10.5 Å². The van der Waals surface area contributed by atoms with Crippen LogP contribution in [0.15, 0.2) is 78.9 Å². The second kappa shape index (κ2) is 11.2. The van der Waals surface area contributed by atoms with Crippen molar-refractivity contribution in [1.29, 1.82) is 0 Å². The predicted molar refractivity (Wildman–Crippen MR) is 141 cm³/mol. The molecule has 3 aromatic carbocycles. The van der Waals surface area contributed by atoms with E-state index in [1.54, 1.807) is 0 Å². The summed E-state index contributed by atoms with van der Waals surface area (Å²) in [5.41, 5.74) is 2.88. The lowest BCUT2D eigenvalue weighted by Gasteiger charge is -2.32. The van der Waals surface area contributed by atoms with Crippen molar-refractivity contribution in [3.63, 3.8) is 0 Å². The summed E-state index contributed by atoms with van der Waals surface area (Å²) < 4.78 is 13.8. The second-order valence-corrected chi connectivity index (χ2v) is 9.05. The molecule has 1 aliphatic rings. The first kappa shape index (κ1) is 23.7.